The summed E-state index contributed by atoms with van der Waals surface area (Å²) in [6, 6.07) is 3.72. The molecule has 1 aromatic carbocycles. The number of hydrogen-bond acceptors (Lipinski definition) is 5. The molecule has 1 heterocycles. The van der Waals surface area contributed by atoms with Crippen LogP contribution in [-0.2, 0) is 16.7 Å². The first-order chi connectivity index (χ1) is 9.86. The van der Waals surface area contributed by atoms with Crippen LogP contribution in [-0.4, -0.2) is 23.5 Å². The van der Waals surface area contributed by atoms with Crippen LogP contribution >= 0.6 is 0 Å². The number of non-ortho nitro benzene ring substituents is 1. The lowest BCUT2D eigenvalue weighted by molar-refractivity contribution is -0.385. The molecule has 0 saturated heterocycles. The molecule has 0 bridgehead atoms. The molecule has 8 heteroatoms. The number of hydrogen-bond donors (Lipinski definition) is 1. The van der Waals surface area contributed by atoms with Crippen LogP contribution in [0.15, 0.2) is 23.2 Å². The van der Waals surface area contributed by atoms with Crippen molar-refractivity contribution < 1.29 is 18.4 Å². The molecule has 1 aromatic rings. The van der Waals surface area contributed by atoms with Crippen LogP contribution in [0.3, 0.4) is 0 Å². The summed E-state index contributed by atoms with van der Waals surface area (Å²) in [5.74, 6) is -3.26. The molecule has 0 amide bonds. The number of amidine groups is 1. The van der Waals surface area contributed by atoms with Crippen molar-refractivity contribution in [2.75, 3.05) is 6.61 Å². The number of aliphatic imine (C=N–C) groups is 1. The van der Waals surface area contributed by atoms with Crippen molar-refractivity contribution in [3.05, 3.63) is 39.4 Å². The zero-order valence-electron chi connectivity index (χ0n) is 11.0. The molecule has 1 spiro atoms. The molecule has 6 nitrogen and oxygen atoms in total. The lowest BCUT2D eigenvalue weighted by atomic mass is 9.72. The fraction of sp³-hybridized carbons (Fsp3) is 0.462. The molecule has 0 fully saturated rings. The molecule has 0 saturated carbocycles. The average Bonchev–Trinajstić information content (AvgIpc) is 2.43. The van der Waals surface area contributed by atoms with Gasteiger partial charge in [-0.25, -0.2) is 4.99 Å². The van der Waals surface area contributed by atoms with Crippen molar-refractivity contribution in [2.45, 2.75) is 30.7 Å². The van der Waals surface area contributed by atoms with E-state index < -0.39 is 23.0 Å². The zero-order valence-corrected chi connectivity index (χ0v) is 11.0. The SMILES string of the molecule is NC1=NC2(CCCc3ccc([N+](=O)[O-])cc32)C(F)(F)CO1. The van der Waals surface area contributed by atoms with Crippen LogP contribution < -0.4 is 5.73 Å². The Balaban J connectivity index is 2.25. The Morgan fingerprint density at radius 1 is 1.43 bits per heavy atom. The molecular formula is C13H13F2N3O3. The molecule has 2 aliphatic rings. The molecule has 3 rings (SSSR count). The summed E-state index contributed by atoms with van der Waals surface area (Å²) in [4.78, 5) is 14.2. The maximum Gasteiger partial charge on any atom is 0.310 e. The summed E-state index contributed by atoms with van der Waals surface area (Å²) < 4.78 is 33.6. The quantitative estimate of drug-likeness (QED) is 0.635. The van der Waals surface area contributed by atoms with E-state index in [4.69, 9.17) is 5.73 Å². The van der Waals surface area contributed by atoms with Crippen molar-refractivity contribution in [3.63, 3.8) is 0 Å². The topological polar surface area (TPSA) is 90.8 Å². The fourth-order valence-electron chi connectivity index (χ4n) is 3.03. The van der Waals surface area contributed by atoms with Gasteiger partial charge >= 0.3 is 5.92 Å². The van der Waals surface area contributed by atoms with Crippen LogP contribution in [0.1, 0.15) is 24.0 Å². The van der Waals surface area contributed by atoms with Gasteiger partial charge in [0.15, 0.2) is 12.1 Å². The average molecular weight is 297 g/mol. The highest BCUT2D eigenvalue weighted by Crippen LogP contribution is 2.51. The normalized spacial score (nSPS) is 26.7. The minimum Gasteiger partial charge on any atom is -0.459 e. The molecule has 1 aliphatic heterocycles. The minimum atomic E-state index is -3.26. The van der Waals surface area contributed by atoms with Crippen molar-refractivity contribution in [1.29, 1.82) is 0 Å². The number of nitro groups is 1. The third kappa shape index (κ3) is 1.93. The first-order valence-corrected chi connectivity index (χ1v) is 6.49. The Morgan fingerprint density at radius 3 is 2.90 bits per heavy atom. The van der Waals surface area contributed by atoms with E-state index in [1.54, 1.807) is 0 Å². The van der Waals surface area contributed by atoms with Gasteiger partial charge in [-0.3, -0.25) is 10.1 Å². The van der Waals surface area contributed by atoms with Gasteiger partial charge in [-0.05, 0) is 30.4 Å². The Labute approximate surface area is 118 Å². The summed E-state index contributed by atoms with van der Waals surface area (Å²) in [7, 11) is 0. The lowest BCUT2D eigenvalue weighted by Crippen LogP contribution is -2.54. The largest absolute Gasteiger partial charge is 0.459 e. The van der Waals surface area contributed by atoms with Crippen molar-refractivity contribution in [3.8, 4) is 0 Å². The molecule has 2 N–H and O–H groups in total. The molecule has 1 aliphatic carbocycles. The van der Waals surface area contributed by atoms with Crippen LogP contribution in [0, 0.1) is 10.1 Å². The summed E-state index contributed by atoms with van der Waals surface area (Å²) in [6.45, 7) is -0.871. The van der Waals surface area contributed by atoms with Crippen molar-refractivity contribution in [1.82, 2.24) is 0 Å². The highest BCUT2D eigenvalue weighted by Gasteiger charge is 2.59. The van der Waals surface area contributed by atoms with E-state index in [-0.39, 0.29) is 23.7 Å². The van der Waals surface area contributed by atoms with Gasteiger partial charge in [0.1, 0.15) is 0 Å². The Morgan fingerprint density at radius 2 is 2.19 bits per heavy atom. The Hall–Kier alpha value is -2.25. The van der Waals surface area contributed by atoms with Gasteiger partial charge in [-0.2, -0.15) is 8.78 Å². The van der Waals surface area contributed by atoms with E-state index in [2.05, 4.69) is 9.73 Å². The van der Waals surface area contributed by atoms with E-state index in [9.17, 15) is 18.9 Å². The number of benzene rings is 1. The number of rotatable bonds is 1. The van der Waals surface area contributed by atoms with Gasteiger partial charge in [0, 0.05) is 12.1 Å². The third-order valence-electron chi connectivity index (χ3n) is 4.04. The number of fused-ring (bicyclic) bond motifs is 2. The van der Waals surface area contributed by atoms with Crippen molar-refractivity contribution in [2.24, 2.45) is 10.7 Å². The van der Waals surface area contributed by atoms with Gasteiger partial charge in [0.2, 0.25) is 0 Å². The van der Waals surface area contributed by atoms with Gasteiger partial charge < -0.3 is 10.5 Å². The van der Waals surface area contributed by atoms with Gasteiger partial charge in [0.05, 0.1) is 4.92 Å². The second-order valence-electron chi connectivity index (χ2n) is 5.26. The van der Waals surface area contributed by atoms with Crippen LogP contribution in [0.25, 0.3) is 0 Å². The van der Waals surface area contributed by atoms with Gasteiger partial charge in [0.25, 0.3) is 11.7 Å². The number of nitrogens with two attached hydrogens (primary N) is 1. The van der Waals surface area contributed by atoms with E-state index in [0.29, 0.717) is 18.4 Å². The summed E-state index contributed by atoms with van der Waals surface area (Å²) in [6.07, 6.45) is 1.18. The van der Waals surface area contributed by atoms with E-state index in [0.717, 1.165) is 0 Å². The van der Waals surface area contributed by atoms with Gasteiger partial charge in [-0.1, -0.05) is 6.07 Å². The van der Waals surface area contributed by atoms with E-state index in [1.165, 1.54) is 18.2 Å². The Kier molecular flexibility index (Phi) is 2.86. The first-order valence-electron chi connectivity index (χ1n) is 6.49. The second kappa shape index (κ2) is 4.37. The molecule has 0 radical (unpaired) electrons. The molecule has 21 heavy (non-hydrogen) atoms. The minimum absolute atomic E-state index is 0.0816. The molecule has 1 unspecified atom stereocenters. The Bertz CT molecular complexity index is 648. The molecule has 112 valence electrons. The number of aryl methyl sites for hydroxylation is 1. The number of alkyl halides is 2. The number of nitrogens with zero attached hydrogens (tertiary/aromatic N) is 2. The van der Waals surface area contributed by atoms with Crippen LogP contribution in [0.4, 0.5) is 14.5 Å². The highest BCUT2D eigenvalue weighted by molar-refractivity contribution is 5.73. The second-order valence-corrected chi connectivity index (χ2v) is 5.26. The fourth-order valence-corrected chi connectivity index (χ4v) is 3.03. The summed E-state index contributed by atoms with van der Waals surface area (Å²) >= 11 is 0. The summed E-state index contributed by atoms with van der Waals surface area (Å²) in [5.41, 5.74) is 4.20. The first kappa shape index (κ1) is 13.7. The standard InChI is InChI=1S/C13H13F2N3O3/c14-13(15)7-21-11(16)17-12(13)5-1-2-8-3-4-9(18(19)20)6-10(8)12/h3-4,6H,1-2,5,7H2,(H2,16,17). The number of ether oxygens (including phenoxy) is 1. The molecule has 1 atom stereocenters. The van der Waals surface area contributed by atoms with Crippen LogP contribution in [0.5, 0.6) is 0 Å². The van der Waals surface area contributed by atoms with E-state index >= 15 is 0 Å². The predicted molar refractivity (Wildman–Crippen MR) is 70.2 cm³/mol. The third-order valence-corrected chi connectivity index (χ3v) is 4.04. The number of nitro benzene ring substituents is 1. The van der Waals surface area contributed by atoms with Crippen molar-refractivity contribution >= 4 is 11.7 Å². The molecule has 0 aromatic heterocycles. The van der Waals surface area contributed by atoms with Gasteiger partial charge in [-0.15, -0.1) is 0 Å². The van der Waals surface area contributed by atoms with E-state index in [1.807, 2.05) is 0 Å². The highest BCUT2D eigenvalue weighted by atomic mass is 19.3. The lowest BCUT2D eigenvalue weighted by Gasteiger charge is -2.43. The monoisotopic (exact) mass is 297 g/mol. The predicted octanol–water partition coefficient (Wildman–Crippen LogP) is 2.11. The maximum absolute atomic E-state index is 14.5. The van der Waals surface area contributed by atoms with Crippen LogP contribution in [0.2, 0.25) is 0 Å². The molecular weight excluding hydrogens is 284 g/mol. The zero-order chi connectivity index (χ0) is 15.3. The summed E-state index contributed by atoms with van der Waals surface area (Å²) in [5, 5.41) is 10.9. The maximum atomic E-state index is 14.5. The number of halogens is 2. The smallest absolute Gasteiger partial charge is 0.310 e.